The topological polar surface area (TPSA) is 68.2 Å². The highest BCUT2D eigenvalue weighted by molar-refractivity contribution is 6.02. The molecule has 0 fully saturated rings. The van der Waals surface area contributed by atoms with Crippen LogP contribution in [0.5, 0.6) is 5.75 Å². The number of phenols is 1. The van der Waals surface area contributed by atoms with Gasteiger partial charge in [-0.25, -0.2) is 0 Å². The molecule has 0 aliphatic carbocycles. The van der Waals surface area contributed by atoms with Gasteiger partial charge in [0.2, 0.25) is 0 Å². The average molecular weight is 300 g/mol. The summed E-state index contributed by atoms with van der Waals surface area (Å²) < 4.78 is 2.15. The van der Waals surface area contributed by atoms with E-state index in [0.717, 1.165) is 35.5 Å². The molecule has 4 heteroatoms. The van der Waals surface area contributed by atoms with Gasteiger partial charge in [0.25, 0.3) is 5.91 Å². The highest BCUT2D eigenvalue weighted by Crippen LogP contribution is 2.34. The summed E-state index contributed by atoms with van der Waals surface area (Å²) in [7, 11) is 0. The number of nitrogens with zero attached hydrogens (tertiary/aromatic N) is 1. The fourth-order valence-electron chi connectivity index (χ4n) is 2.92. The van der Waals surface area contributed by atoms with E-state index < -0.39 is 5.91 Å². The van der Waals surface area contributed by atoms with E-state index in [0.29, 0.717) is 11.5 Å². The van der Waals surface area contributed by atoms with E-state index >= 15 is 0 Å². The average Bonchev–Trinajstić information content (AvgIpc) is 2.68. The Balaban J connectivity index is 2.62. The van der Waals surface area contributed by atoms with Crippen molar-refractivity contribution < 1.29 is 9.90 Å². The van der Waals surface area contributed by atoms with Gasteiger partial charge in [-0.15, -0.1) is 0 Å². The number of carbonyl (C=O) groups excluding carboxylic acids is 1. The van der Waals surface area contributed by atoms with Gasteiger partial charge in [-0.1, -0.05) is 26.0 Å². The summed E-state index contributed by atoms with van der Waals surface area (Å²) in [6.45, 7) is 9.14. The third-order valence-electron chi connectivity index (χ3n) is 4.09. The standard InChI is InChI=1S/C18H24N2O2/c1-11(2)8-9-20-12(3)16(17(13(20)4)18(19)22)14-6-5-7-15(21)10-14/h5-7,10-11,21H,8-9H2,1-4H3,(H2,19,22). The predicted molar refractivity (Wildman–Crippen MR) is 89.0 cm³/mol. The quantitative estimate of drug-likeness (QED) is 0.885. The fraction of sp³-hybridized carbons (Fsp3) is 0.389. The molecule has 1 aromatic heterocycles. The molecule has 4 nitrogen and oxygen atoms in total. The van der Waals surface area contributed by atoms with Gasteiger partial charge in [0.15, 0.2) is 0 Å². The molecule has 0 aliphatic rings. The SMILES string of the molecule is Cc1c(C(N)=O)c(-c2cccc(O)c2)c(C)n1CCC(C)C. The normalized spacial score (nSPS) is 11.1. The minimum Gasteiger partial charge on any atom is -0.508 e. The maximum absolute atomic E-state index is 12.0. The van der Waals surface area contributed by atoms with Crippen molar-refractivity contribution >= 4 is 5.91 Å². The van der Waals surface area contributed by atoms with Crippen molar-refractivity contribution in [3.63, 3.8) is 0 Å². The van der Waals surface area contributed by atoms with Gasteiger partial charge in [-0.2, -0.15) is 0 Å². The number of aromatic nitrogens is 1. The zero-order valence-corrected chi connectivity index (χ0v) is 13.7. The molecule has 0 bridgehead atoms. The zero-order chi connectivity index (χ0) is 16.4. The van der Waals surface area contributed by atoms with Crippen LogP contribution in [0.2, 0.25) is 0 Å². The Labute approximate surface area is 131 Å². The number of aromatic hydroxyl groups is 1. The molecule has 0 unspecified atom stereocenters. The summed E-state index contributed by atoms with van der Waals surface area (Å²) >= 11 is 0. The van der Waals surface area contributed by atoms with Gasteiger partial charge >= 0.3 is 0 Å². The molecule has 1 amide bonds. The van der Waals surface area contributed by atoms with Crippen molar-refractivity contribution in [2.24, 2.45) is 11.7 Å². The van der Waals surface area contributed by atoms with Crippen LogP contribution in [0.15, 0.2) is 24.3 Å². The van der Waals surface area contributed by atoms with E-state index in [1.54, 1.807) is 18.2 Å². The largest absolute Gasteiger partial charge is 0.508 e. The van der Waals surface area contributed by atoms with E-state index in [1.807, 2.05) is 19.9 Å². The van der Waals surface area contributed by atoms with E-state index in [9.17, 15) is 9.90 Å². The summed E-state index contributed by atoms with van der Waals surface area (Å²) in [5.74, 6) is 0.338. The van der Waals surface area contributed by atoms with Crippen LogP contribution in [0.4, 0.5) is 0 Å². The van der Waals surface area contributed by atoms with Crippen LogP contribution in [0.25, 0.3) is 11.1 Å². The maximum Gasteiger partial charge on any atom is 0.251 e. The Bertz CT molecular complexity index is 699. The maximum atomic E-state index is 12.0. The van der Waals surface area contributed by atoms with Crippen LogP contribution in [0.3, 0.4) is 0 Å². The number of benzene rings is 1. The van der Waals surface area contributed by atoms with Gasteiger partial charge in [-0.3, -0.25) is 4.79 Å². The van der Waals surface area contributed by atoms with Gasteiger partial charge in [0.1, 0.15) is 5.75 Å². The smallest absolute Gasteiger partial charge is 0.251 e. The van der Waals surface area contributed by atoms with Crippen LogP contribution in [-0.2, 0) is 6.54 Å². The van der Waals surface area contributed by atoms with Crippen LogP contribution in [0.1, 0.15) is 42.0 Å². The molecule has 2 aromatic rings. The van der Waals surface area contributed by atoms with Gasteiger partial charge in [-0.05, 0) is 43.9 Å². The molecule has 0 spiro atoms. The summed E-state index contributed by atoms with van der Waals surface area (Å²) in [4.78, 5) is 12.0. The Morgan fingerprint density at radius 1 is 1.27 bits per heavy atom. The summed E-state index contributed by atoms with van der Waals surface area (Å²) in [6, 6.07) is 6.95. The Morgan fingerprint density at radius 2 is 1.95 bits per heavy atom. The van der Waals surface area contributed by atoms with Crippen molar-refractivity contribution in [1.29, 1.82) is 0 Å². The van der Waals surface area contributed by atoms with Crippen LogP contribution in [0, 0.1) is 19.8 Å². The summed E-state index contributed by atoms with van der Waals surface area (Å²) in [6.07, 6.45) is 1.04. The second-order valence-corrected chi connectivity index (χ2v) is 6.17. The minimum atomic E-state index is -0.428. The fourth-order valence-corrected chi connectivity index (χ4v) is 2.92. The number of carbonyl (C=O) groups is 1. The first-order valence-electron chi connectivity index (χ1n) is 7.61. The van der Waals surface area contributed by atoms with E-state index in [1.165, 1.54) is 0 Å². The number of amides is 1. The van der Waals surface area contributed by atoms with Crippen molar-refractivity contribution in [3.05, 3.63) is 41.2 Å². The molecule has 0 radical (unpaired) electrons. The molecule has 3 N–H and O–H groups in total. The number of rotatable bonds is 5. The van der Waals surface area contributed by atoms with Gasteiger partial charge < -0.3 is 15.4 Å². The molecule has 2 rings (SSSR count). The molecular weight excluding hydrogens is 276 g/mol. The molecule has 1 aromatic carbocycles. The predicted octanol–water partition coefficient (Wildman–Crippen LogP) is 3.62. The number of nitrogens with two attached hydrogens (primary N) is 1. The Morgan fingerprint density at radius 3 is 2.50 bits per heavy atom. The lowest BCUT2D eigenvalue weighted by molar-refractivity contribution is 0.1000. The van der Waals surface area contributed by atoms with Crippen molar-refractivity contribution in [3.8, 4) is 16.9 Å². The summed E-state index contributed by atoms with van der Waals surface area (Å²) in [5.41, 5.74) is 9.71. The first kappa shape index (κ1) is 16.1. The van der Waals surface area contributed by atoms with E-state index in [2.05, 4.69) is 18.4 Å². The third-order valence-corrected chi connectivity index (χ3v) is 4.09. The monoisotopic (exact) mass is 300 g/mol. The van der Waals surface area contributed by atoms with E-state index in [-0.39, 0.29) is 5.75 Å². The lowest BCUT2D eigenvalue weighted by Crippen LogP contribution is -2.13. The zero-order valence-electron chi connectivity index (χ0n) is 13.7. The van der Waals surface area contributed by atoms with E-state index in [4.69, 9.17) is 5.73 Å². The minimum absolute atomic E-state index is 0.180. The highest BCUT2D eigenvalue weighted by Gasteiger charge is 2.22. The second-order valence-electron chi connectivity index (χ2n) is 6.17. The highest BCUT2D eigenvalue weighted by atomic mass is 16.3. The third kappa shape index (κ3) is 3.01. The first-order chi connectivity index (χ1) is 10.3. The second kappa shape index (κ2) is 6.26. The number of phenolic OH excluding ortho intramolecular Hbond substituents is 1. The molecule has 1 heterocycles. The molecule has 0 saturated heterocycles. The lowest BCUT2D eigenvalue weighted by atomic mass is 10.00. The summed E-state index contributed by atoms with van der Waals surface area (Å²) in [5, 5.41) is 9.72. The molecule has 118 valence electrons. The van der Waals surface area contributed by atoms with Crippen molar-refractivity contribution in [2.75, 3.05) is 0 Å². The van der Waals surface area contributed by atoms with Crippen LogP contribution >= 0.6 is 0 Å². The first-order valence-corrected chi connectivity index (χ1v) is 7.61. The molecule has 0 saturated carbocycles. The van der Waals surface area contributed by atoms with Gasteiger partial charge in [0, 0.05) is 23.5 Å². The Kier molecular flexibility index (Phi) is 4.59. The number of hydrogen-bond donors (Lipinski definition) is 2. The van der Waals surface area contributed by atoms with Crippen LogP contribution < -0.4 is 5.73 Å². The molecule has 22 heavy (non-hydrogen) atoms. The molecular formula is C18H24N2O2. The van der Waals surface area contributed by atoms with Crippen LogP contribution in [-0.4, -0.2) is 15.6 Å². The van der Waals surface area contributed by atoms with Crippen molar-refractivity contribution in [2.45, 2.75) is 40.7 Å². The lowest BCUT2D eigenvalue weighted by Gasteiger charge is -2.11. The molecule has 0 atom stereocenters. The number of primary amides is 1. The molecule has 0 aliphatic heterocycles. The van der Waals surface area contributed by atoms with Gasteiger partial charge in [0.05, 0.1) is 5.56 Å². The van der Waals surface area contributed by atoms with Crippen molar-refractivity contribution in [1.82, 2.24) is 4.57 Å². The number of hydrogen-bond acceptors (Lipinski definition) is 2. The Hall–Kier alpha value is -2.23.